The number of halogens is 2. The van der Waals surface area contributed by atoms with E-state index in [4.69, 9.17) is 4.42 Å². The molecule has 1 nitrogen and oxygen atoms in total. The van der Waals surface area contributed by atoms with Gasteiger partial charge in [-0.1, -0.05) is 31.9 Å². The van der Waals surface area contributed by atoms with Gasteiger partial charge in [-0.05, 0) is 18.2 Å². The Morgan fingerprint density at radius 1 is 1.33 bits per heavy atom. The van der Waals surface area contributed by atoms with Crippen LogP contribution in [0.25, 0.3) is 11.0 Å². The van der Waals surface area contributed by atoms with Crippen molar-refractivity contribution in [1.29, 1.82) is 0 Å². The smallest absolute Gasteiger partial charge is 0.135 e. The van der Waals surface area contributed by atoms with E-state index in [0.29, 0.717) is 0 Å². The Morgan fingerprint density at radius 3 is 2.92 bits per heavy atom. The minimum absolute atomic E-state index is 0.835. The molecule has 62 valence electrons. The van der Waals surface area contributed by atoms with Crippen LogP contribution in [0.2, 0.25) is 0 Å². The van der Waals surface area contributed by atoms with Gasteiger partial charge in [0, 0.05) is 20.8 Å². The molecule has 0 radical (unpaired) electrons. The maximum absolute atomic E-state index is 5.36. The average molecular weight is 290 g/mol. The molecule has 0 atom stereocenters. The summed E-state index contributed by atoms with van der Waals surface area (Å²) in [6.45, 7) is 0. The molecule has 1 aromatic heterocycles. The van der Waals surface area contributed by atoms with Crippen molar-refractivity contribution in [2.45, 2.75) is 5.33 Å². The van der Waals surface area contributed by atoms with E-state index < -0.39 is 0 Å². The number of fused-ring (bicyclic) bond motifs is 1. The first-order valence-corrected chi connectivity index (χ1v) is 5.44. The standard InChI is InChI=1S/C9H6Br2O/c10-4-6-5-12-9-3-7(11)1-2-8(6)9/h1-3,5H,4H2. The predicted octanol–water partition coefficient (Wildman–Crippen LogP) is 4.09. The molecule has 0 fully saturated rings. The van der Waals surface area contributed by atoms with Gasteiger partial charge >= 0.3 is 0 Å². The van der Waals surface area contributed by atoms with Crippen molar-refractivity contribution < 1.29 is 4.42 Å². The Hall–Kier alpha value is -0.280. The van der Waals surface area contributed by atoms with Crippen molar-refractivity contribution in [3.63, 3.8) is 0 Å². The molecule has 0 aliphatic heterocycles. The average Bonchev–Trinajstić information content (AvgIpc) is 2.46. The molecule has 1 aromatic carbocycles. The molecule has 0 saturated heterocycles. The highest BCUT2D eigenvalue weighted by Gasteiger charge is 2.03. The molecule has 0 saturated carbocycles. The Labute approximate surface area is 87.0 Å². The summed E-state index contributed by atoms with van der Waals surface area (Å²) in [5.41, 5.74) is 2.12. The van der Waals surface area contributed by atoms with Gasteiger partial charge in [-0.3, -0.25) is 0 Å². The van der Waals surface area contributed by atoms with E-state index in [0.717, 1.165) is 15.4 Å². The van der Waals surface area contributed by atoms with Crippen LogP contribution in [0.1, 0.15) is 5.56 Å². The first-order chi connectivity index (χ1) is 5.81. The number of benzene rings is 1. The van der Waals surface area contributed by atoms with E-state index in [1.807, 2.05) is 12.1 Å². The predicted molar refractivity (Wildman–Crippen MR) is 56.5 cm³/mol. The molecular weight excluding hydrogens is 284 g/mol. The molecule has 0 amide bonds. The number of hydrogen-bond acceptors (Lipinski definition) is 1. The largest absolute Gasteiger partial charge is 0.464 e. The second kappa shape index (κ2) is 3.23. The van der Waals surface area contributed by atoms with Crippen LogP contribution in [-0.4, -0.2) is 0 Å². The van der Waals surface area contributed by atoms with Gasteiger partial charge < -0.3 is 4.42 Å². The second-order valence-electron chi connectivity index (χ2n) is 2.54. The molecule has 0 aliphatic carbocycles. The summed E-state index contributed by atoms with van der Waals surface area (Å²) in [4.78, 5) is 0. The van der Waals surface area contributed by atoms with E-state index in [2.05, 4.69) is 37.9 Å². The third kappa shape index (κ3) is 1.31. The van der Waals surface area contributed by atoms with Gasteiger partial charge in [0.15, 0.2) is 0 Å². The lowest BCUT2D eigenvalue weighted by Gasteiger charge is -1.91. The molecule has 0 bridgehead atoms. The van der Waals surface area contributed by atoms with Crippen LogP contribution in [0.5, 0.6) is 0 Å². The SMILES string of the molecule is BrCc1coc2cc(Br)ccc12. The van der Waals surface area contributed by atoms with Gasteiger partial charge in [0.05, 0.1) is 6.26 Å². The zero-order valence-electron chi connectivity index (χ0n) is 6.18. The van der Waals surface area contributed by atoms with Crippen LogP contribution in [0, 0.1) is 0 Å². The fourth-order valence-corrected chi connectivity index (χ4v) is 1.93. The van der Waals surface area contributed by atoms with Gasteiger partial charge in [0.1, 0.15) is 5.58 Å². The van der Waals surface area contributed by atoms with Gasteiger partial charge in [0.2, 0.25) is 0 Å². The van der Waals surface area contributed by atoms with E-state index in [1.54, 1.807) is 6.26 Å². The van der Waals surface area contributed by atoms with Crippen molar-refractivity contribution in [2.24, 2.45) is 0 Å². The first-order valence-electron chi connectivity index (χ1n) is 3.53. The fraction of sp³-hybridized carbons (Fsp3) is 0.111. The van der Waals surface area contributed by atoms with Crippen LogP contribution >= 0.6 is 31.9 Å². The zero-order chi connectivity index (χ0) is 8.55. The molecule has 12 heavy (non-hydrogen) atoms. The summed E-state index contributed by atoms with van der Waals surface area (Å²) < 4.78 is 6.41. The summed E-state index contributed by atoms with van der Waals surface area (Å²) in [5, 5.41) is 2.01. The molecule has 1 heterocycles. The van der Waals surface area contributed by atoms with E-state index in [-0.39, 0.29) is 0 Å². The van der Waals surface area contributed by atoms with E-state index in [1.165, 1.54) is 10.9 Å². The third-order valence-electron chi connectivity index (χ3n) is 1.76. The molecule has 0 aliphatic rings. The van der Waals surface area contributed by atoms with Gasteiger partial charge in [-0.2, -0.15) is 0 Å². The van der Waals surface area contributed by atoms with Crippen molar-refractivity contribution in [1.82, 2.24) is 0 Å². The number of rotatable bonds is 1. The number of alkyl halides is 1. The molecule has 0 spiro atoms. The normalized spacial score (nSPS) is 10.8. The van der Waals surface area contributed by atoms with Crippen molar-refractivity contribution in [2.75, 3.05) is 0 Å². The molecule has 3 heteroatoms. The van der Waals surface area contributed by atoms with E-state index in [9.17, 15) is 0 Å². The summed E-state index contributed by atoms with van der Waals surface area (Å²) in [5.74, 6) is 0. The summed E-state index contributed by atoms with van der Waals surface area (Å²) in [6, 6.07) is 6.05. The summed E-state index contributed by atoms with van der Waals surface area (Å²) in [7, 11) is 0. The fourth-order valence-electron chi connectivity index (χ4n) is 1.16. The van der Waals surface area contributed by atoms with Crippen LogP contribution in [0.4, 0.5) is 0 Å². The quantitative estimate of drug-likeness (QED) is 0.721. The molecular formula is C9H6Br2O. The highest BCUT2D eigenvalue weighted by molar-refractivity contribution is 9.10. The lowest BCUT2D eigenvalue weighted by Crippen LogP contribution is -1.71. The van der Waals surface area contributed by atoms with Gasteiger partial charge in [-0.15, -0.1) is 0 Å². The topological polar surface area (TPSA) is 13.1 Å². The Kier molecular flexibility index (Phi) is 2.24. The van der Waals surface area contributed by atoms with Crippen LogP contribution < -0.4 is 0 Å². The van der Waals surface area contributed by atoms with E-state index >= 15 is 0 Å². The maximum atomic E-state index is 5.36. The van der Waals surface area contributed by atoms with Crippen LogP contribution in [0.15, 0.2) is 33.4 Å². The molecule has 0 N–H and O–H groups in total. The van der Waals surface area contributed by atoms with Crippen molar-refractivity contribution in [3.05, 3.63) is 34.5 Å². The van der Waals surface area contributed by atoms with Crippen LogP contribution in [-0.2, 0) is 5.33 Å². The molecule has 0 unspecified atom stereocenters. The monoisotopic (exact) mass is 288 g/mol. The highest BCUT2D eigenvalue weighted by Crippen LogP contribution is 2.25. The van der Waals surface area contributed by atoms with Crippen LogP contribution in [0.3, 0.4) is 0 Å². The third-order valence-corrected chi connectivity index (χ3v) is 2.86. The Balaban J connectivity index is 2.73. The molecule has 2 aromatic rings. The lowest BCUT2D eigenvalue weighted by atomic mass is 10.2. The second-order valence-corrected chi connectivity index (χ2v) is 4.01. The maximum Gasteiger partial charge on any atom is 0.135 e. The highest BCUT2D eigenvalue weighted by atomic mass is 79.9. The minimum atomic E-state index is 0.835. The van der Waals surface area contributed by atoms with Crippen molar-refractivity contribution in [3.8, 4) is 0 Å². The minimum Gasteiger partial charge on any atom is -0.464 e. The molecule has 2 rings (SSSR count). The van der Waals surface area contributed by atoms with Crippen molar-refractivity contribution >= 4 is 42.8 Å². The summed E-state index contributed by atoms with van der Waals surface area (Å²) in [6.07, 6.45) is 1.78. The van der Waals surface area contributed by atoms with Gasteiger partial charge in [0.25, 0.3) is 0 Å². The summed E-state index contributed by atoms with van der Waals surface area (Å²) >= 11 is 6.80. The Bertz CT molecular complexity index is 406. The zero-order valence-corrected chi connectivity index (χ0v) is 9.35. The Morgan fingerprint density at radius 2 is 2.17 bits per heavy atom. The van der Waals surface area contributed by atoms with Gasteiger partial charge in [-0.25, -0.2) is 0 Å². The lowest BCUT2D eigenvalue weighted by molar-refractivity contribution is 0.612. The number of furan rings is 1. The first kappa shape index (κ1) is 8.32. The number of hydrogen-bond donors (Lipinski definition) is 0.